The summed E-state index contributed by atoms with van der Waals surface area (Å²) in [5.74, 6) is 1.61. The van der Waals surface area contributed by atoms with Crippen LogP contribution in [0.3, 0.4) is 0 Å². The lowest BCUT2D eigenvalue weighted by molar-refractivity contribution is 0.579. The van der Waals surface area contributed by atoms with Crippen molar-refractivity contribution in [3.8, 4) is 0 Å². The first-order chi connectivity index (χ1) is 7.45. The van der Waals surface area contributed by atoms with Crippen LogP contribution in [0.4, 0.5) is 0 Å². The Hall–Kier alpha value is -1.06. The Morgan fingerprint density at radius 1 is 0.467 bits per heavy atom. The van der Waals surface area contributed by atoms with Gasteiger partial charge in [0.2, 0.25) is 0 Å². The Labute approximate surface area is 90.5 Å². The first kappa shape index (κ1) is 10.5. The molecule has 0 radical (unpaired) electrons. The smallest absolute Gasteiger partial charge is 0.132 e. The van der Waals surface area contributed by atoms with Crippen LogP contribution in [0, 0.1) is 0 Å². The molecule has 4 heteroatoms. The molecular weight excluding hydrogens is 188 g/mol. The molecule has 0 fully saturated rings. The van der Waals surface area contributed by atoms with Crippen molar-refractivity contribution in [3.63, 3.8) is 0 Å². The molecule has 1 aromatic heterocycles. The molecular formula is C11H18N4. The number of fused-ring (bicyclic) bond motifs is 10. The van der Waals surface area contributed by atoms with E-state index in [2.05, 4.69) is 20.4 Å². The van der Waals surface area contributed by atoms with Crippen LogP contribution in [0.25, 0.3) is 0 Å². The lowest BCUT2D eigenvalue weighted by Crippen LogP contribution is -2.05. The second kappa shape index (κ2) is 5.73. The molecule has 4 nitrogen and oxygen atoms in total. The van der Waals surface area contributed by atoms with Crippen molar-refractivity contribution in [1.29, 1.82) is 0 Å². The van der Waals surface area contributed by atoms with Gasteiger partial charge in [-0.05, 0) is 12.8 Å². The number of aromatic nitrogens is 4. The summed E-state index contributed by atoms with van der Waals surface area (Å²) in [6, 6.07) is 0. The van der Waals surface area contributed by atoms with Crippen molar-refractivity contribution in [2.75, 3.05) is 0 Å². The Kier molecular flexibility index (Phi) is 4.00. The third-order valence-corrected chi connectivity index (χ3v) is 2.86. The predicted molar refractivity (Wildman–Crippen MR) is 57.3 cm³/mol. The van der Waals surface area contributed by atoms with E-state index in [1.54, 1.807) is 0 Å². The van der Waals surface area contributed by atoms with Crippen LogP contribution in [-0.2, 0) is 12.8 Å². The van der Waals surface area contributed by atoms with Crippen LogP contribution in [0.15, 0.2) is 0 Å². The maximum Gasteiger partial charge on any atom is 0.173 e. The van der Waals surface area contributed by atoms with Gasteiger partial charge in [-0.3, -0.25) is 0 Å². The summed E-state index contributed by atoms with van der Waals surface area (Å²) in [6.45, 7) is 0. The molecule has 0 aliphatic carbocycles. The average molecular weight is 206 g/mol. The van der Waals surface area contributed by atoms with E-state index in [9.17, 15) is 0 Å². The number of hydrogen-bond acceptors (Lipinski definition) is 4. The van der Waals surface area contributed by atoms with Gasteiger partial charge in [-0.25, -0.2) is 0 Å². The molecule has 1 aromatic rings. The summed E-state index contributed by atoms with van der Waals surface area (Å²) in [7, 11) is 0. The van der Waals surface area contributed by atoms with E-state index < -0.39 is 0 Å². The van der Waals surface area contributed by atoms with Crippen LogP contribution >= 0.6 is 0 Å². The summed E-state index contributed by atoms with van der Waals surface area (Å²) in [4.78, 5) is 0. The fraction of sp³-hybridized carbons (Fsp3) is 0.818. The SMILES string of the molecule is C1CCCCc2nnc(nn2)CCCC1. The fourth-order valence-corrected chi connectivity index (χ4v) is 1.92. The van der Waals surface area contributed by atoms with E-state index in [0.717, 1.165) is 24.5 Å². The Balaban J connectivity index is 1.97. The molecule has 0 aromatic carbocycles. The van der Waals surface area contributed by atoms with Crippen molar-refractivity contribution in [2.24, 2.45) is 0 Å². The molecule has 0 N–H and O–H groups in total. The summed E-state index contributed by atoms with van der Waals surface area (Å²) in [6.07, 6.45) is 10.8. The molecule has 0 atom stereocenters. The molecule has 0 unspecified atom stereocenters. The van der Waals surface area contributed by atoms with Gasteiger partial charge in [0.15, 0.2) is 11.6 Å². The number of aryl methyl sites for hydroxylation is 2. The highest BCUT2D eigenvalue weighted by molar-refractivity contribution is 4.83. The van der Waals surface area contributed by atoms with Crippen molar-refractivity contribution < 1.29 is 0 Å². The number of hydrogen-bond donors (Lipinski definition) is 0. The number of nitrogens with zero attached hydrogens (tertiary/aromatic N) is 4. The third kappa shape index (κ3) is 3.53. The van der Waals surface area contributed by atoms with Crippen LogP contribution in [0.1, 0.15) is 56.6 Å². The third-order valence-electron chi connectivity index (χ3n) is 2.86. The monoisotopic (exact) mass is 206 g/mol. The molecule has 0 spiro atoms. The minimum atomic E-state index is 0.804. The quantitative estimate of drug-likeness (QED) is 0.652. The van der Waals surface area contributed by atoms with Gasteiger partial charge in [-0.2, -0.15) is 0 Å². The van der Waals surface area contributed by atoms with E-state index in [0.29, 0.717) is 0 Å². The van der Waals surface area contributed by atoms with Crippen LogP contribution in [0.2, 0.25) is 0 Å². The summed E-state index contributed by atoms with van der Waals surface area (Å²) in [5.41, 5.74) is 0. The van der Waals surface area contributed by atoms with Gasteiger partial charge in [-0.1, -0.05) is 32.1 Å². The second-order valence-electron chi connectivity index (χ2n) is 4.21. The summed E-state index contributed by atoms with van der Waals surface area (Å²) < 4.78 is 0. The van der Waals surface area contributed by atoms with E-state index in [1.165, 1.54) is 44.9 Å². The predicted octanol–water partition coefficient (Wildman–Crippen LogP) is 2.10. The van der Waals surface area contributed by atoms with Gasteiger partial charge in [0.05, 0.1) is 0 Å². The molecule has 82 valence electrons. The van der Waals surface area contributed by atoms with Gasteiger partial charge in [-0.15, -0.1) is 20.4 Å². The van der Waals surface area contributed by atoms with Crippen LogP contribution in [0.5, 0.6) is 0 Å². The van der Waals surface area contributed by atoms with Crippen LogP contribution < -0.4 is 0 Å². The highest BCUT2D eigenvalue weighted by Crippen LogP contribution is 2.10. The van der Waals surface area contributed by atoms with Crippen molar-refractivity contribution in [2.45, 2.75) is 57.8 Å². The maximum absolute atomic E-state index is 4.10. The lowest BCUT2D eigenvalue weighted by atomic mass is 10.1. The molecule has 3 heterocycles. The van der Waals surface area contributed by atoms with Gasteiger partial charge in [0.25, 0.3) is 0 Å². The van der Waals surface area contributed by atoms with E-state index in [4.69, 9.17) is 0 Å². The largest absolute Gasteiger partial charge is 0.173 e. The fourth-order valence-electron chi connectivity index (χ4n) is 1.92. The second-order valence-corrected chi connectivity index (χ2v) is 4.21. The minimum Gasteiger partial charge on any atom is -0.132 e. The van der Waals surface area contributed by atoms with Gasteiger partial charge < -0.3 is 0 Å². The molecule has 3 rings (SSSR count). The Morgan fingerprint density at radius 3 is 1.20 bits per heavy atom. The first-order valence-electron chi connectivity index (χ1n) is 6.00. The molecule has 0 saturated heterocycles. The minimum absolute atomic E-state index is 0.804. The number of rotatable bonds is 0. The Bertz CT molecular complexity index is 254. The first-order valence-corrected chi connectivity index (χ1v) is 6.00. The topological polar surface area (TPSA) is 51.6 Å². The average Bonchev–Trinajstić information content (AvgIpc) is 2.31. The van der Waals surface area contributed by atoms with Gasteiger partial charge >= 0.3 is 0 Å². The zero-order valence-electron chi connectivity index (χ0n) is 9.15. The molecule has 0 amide bonds. The lowest BCUT2D eigenvalue weighted by Gasteiger charge is -1.98. The Morgan fingerprint density at radius 2 is 0.800 bits per heavy atom. The van der Waals surface area contributed by atoms with Gasteiger partial charge in [0, 0.05) is 12.8 Å². The van der Waals surface area contributed by atoms with E-state index in [-0.39, 0.29) is 0 Å². The normalized spacial score (nSPS) is 18.9. The van der Waals surface area contributed by atoms with E-state index in [1.807, 2.05) is 0 Å². The molecule has 2 bridgehead atoms. The zero-order valence-corrected chi connectivity index (χ0v) is 9.15. The van der Waals surface area contributed by atoms with E-state index >= 15 is 0 Å². The zero-order chi connectivity index (χ0) is 10.3. The molecule has 15 heavy (non-hydrogen) atoms. The summed E-state index contributed by atoms with van der Waals surface area (Å²) >= 11 is 0. The standard InChI is InChI=1S/C11H18N4/c1-2-4-6-8-10-12-14-11(15-13-10)9-7-5-3-1/h1-9H2. The molecule has 0 saturated carbocycles. The summed E-state index contributed by atoms with van der Waals surface area (Å²) in [5, 5.41) is 16.4. The highest BCUT2D eigenvalue weighted by Gasteiger charge is 2.03. The molecule has 2 aliphatic heterocycles. The van der Waals surface area contributed by atoms with Crippen LogP contribution in [-0.4, -0.2) is 20.4 Å². The van der Waals surface area contributed by atoms with Crippen molar-refractivity contribution in [3.05, 3.63) is 11.6 Å². The molecule has 2 aliphatic rings. The highest BCUT2D eigenvalue weighted by atomic mass is 15.3. The van der Waals surface area contributed by atoms with Crippen molar-refractivity contribution in [1.82, 2.24) is 20.4 Å². The van der Waals surface area contributed by atoms with Gasteiger partial charge in [0.1, 0.15) is 0 Å². The maximum atomic E-state index is 4.10. The van der Waals surface area contributed by atoms with Crippen molar-refractivity contribution >= 4 is 0 Å².